The zero-order valence-corrected chi connectivity index (χ0v) is 13.3. The molecular weight excluding hydrogens is 336 g/mol. The maximum Gasteiger partial charge on any atom is 0.189 e. The average Bonchev–Trinajstić information content (AvgIpc) is 2.88. The van der Waals surface area contributed by atoms with Crippen molar-refractivity contribution >= 4 is 27.8 Å². The summed E-state index contributed by atoms with van der Waals surface area (Å²) in [7, 11) is 1.76. The number of phenols is 1. The number of aromatic hydroxyl groups is 1. The molecule has 5 nitrogen and oxygen atoms in total. The van der Waals surface area contributed by atoms with Gasteiger partial charge in [0.05, 0.1) is 22.8 Å². The van der Waals surface area contributed by atoms with Gasteiger partial charge in [0.1, 0.15) is 0 Å². The Balaban J connectivity index is 2.22. The number of ketones is 1. The van der Waals surface area contributed by atoms with E-state index in [1.165, 1.54) is 12.3 Å². The van der Waals surface area contributed by atoms with Gasteiger partial charge in [0.25, 0.3) is 0 Å². The molecular formula is C15H15BrN2O3. The summed E-state index contributed by atoms with van der Waals surface area (Å²) in [6.07, 6.45) is 6.31. The summed E-state index contributed by atoms with van der Waals surface area (Å²) in [6, 6.07) is 3.39. The highest BCUT2D eigenvalue weighted by atomic mass is 79.9. The van der Waals surface area contributed by atoms with E-state index in [4.69, 9.17) is 4.74 Å². The molecule has 0 aliphatic heterocycles. The van der Waals surface area contributed by atoms with Crippen LogP contribution in [0, 0.1) is 0 Å². The third-order valence-electron chi connectivity index (χ3n) is 2.77. The highest BCUT2D eigenvalue weighted by Crippen LogP contribution is 2.35. The second-order valence-electron chi connectivity index (χ2n) is 4.38. The fraction of sp³-hybridized carbons (Fsp3) is 0.200. The summed E-state index contributed by atoms with van der Waals surface area (Å²) in [5, 5.41) is 13.8. The first-order valence-electron chi connectivity index (χ1n) is 6.37. The Morgan fingerprint density at radius 3 is 2.90 bits per heavy atom. The molecule has 1 heterocycles. The van der Waals surface area contributed by atoms with Crippen molar-refractivity contribution in [1.82, 2.24) is 9.78 Å². The van der Waals surface area contributed by atoms with Gasteiger partial charge in [-0.05, 0) is 46.6 Å². The number of carbonyl (C=O) groups is 1. The van der Waals surface area contributed by atoms with Crippen LogP contribution in [0.15, 0.2) is 35.1 Å². The van der Waals surface area contributed by atoms with Gasteiger partial charge in [0.15, 0.2) is 17.3 Å². The summed E-state index contributed by atoms with van der Waals surface area (Å²) < 4.78 is 7.43. The zero-order chi connectivity index (χ0) is 15.4. The van der Waals surface area contributed by atoms with Crippen LogP contribution < -0.4 is 4.74 Å². The van der Waals surface area contributed by atoms with E-state index in [2.05, 4.69) is 21.0 Å². The molecule has 0 amide bonds. The molecule has 0 radical (unpaired) electrons. The molecule has 6 heteroatoms. The first-order chi connectivity index (χ1) is 10.0. The fourth-order valence-corrected chi connectivity index (χ4v) is 2.23. The van der Waals surface area contributed by atoms with Crippen LogP contribution in [0.4, 0.5) is 0 Å². The number of rotatable bonds is 5. The SMILES string of the molecule is CCOc1cc(/C=C/C(=O)c2cnn(C)c2)cc(Br)c1O. The predicted molar refractivity (Wildman–Crippen MR) is 83.5 cm³/mol. The number of benzene rings is 1. The average molecular weight is 351 g/mol. The minimum absolute atomic E-state index is 0.0487. The van der Waals surface area contributed by atoms with Crippen LogP contribution in [0.2, 0.25) is 0 Å². The molecule has 110 valence electrons. The van der Waals surface area contributed by atoms with Crippen LogP contribution >= 0.6 is 15.9 Å². The lowest BCUT2D eigenvalue weighted by molar-refractivity contribution is 0.104. The molecule has 0 fully saturated rings. The standard InChI is InChI=1S/C15H15BrN2O3/c1-3-21-14-7-10(6-12(16)15(14)20)4-5-13(19)11-8-17-18(2)9-11/h4-9,20H,3H2,1-2H3/b5-4+. The van der Waals surface area contributed by atoms with Gasteiger partial charge in [0, 0.05) is 13.2 Å². The second-order valence-corrected chi connectivity index (χ2v) is 5.24. The number of carbonyl (C=O) groups excluding carboxylic acids is 1. The fourth-order valence-electron chi connectivity index (χ4n) is 1.77. The van der Waals surface area contributed by atoms with Crippen molar-refractivity contribution in [2.75, 3.05) is 6.61 Å². The molecule has 1 N–H and O–H groups in total. The van der Waals surface area contributed by atoms with Crippen molar-refractivity contribution in [1.29, 1.82) is 0 Å². The predicted octanol–water partition coefficient (Wildman–Crippen LogP) is 3.18. The molecule has 2 rings (SSSR count). The van der Waals surface area contributed by atoms with Crippen LogP contribution in [0.1, 0.15) is 22.8 Å². The van der Waals surface area contributed by atoms with E-state index in [1.807, 2.05) is 6.92 Å². The number of hydrogen-bond donors (Lipinski definition) is 1. The van der Waals surface area contributed by atoms with E-state index in [0.29, 0.717) is 22.4 Å². The van der Waals surface area contributed by atoms with E-state index in [1.54, 1.807) is 36.1 Å². The van der Waals surface area contributed by atoms with E-state index in [0.717, 1.165) is 5.56 Å². The monoisotopic (exact) mass is 350 g/mol. The topological polar surface area (TPSA) is 64.3 Å². The third-order valence-corrected chi connectivity index (χ3v) is 3.37. The van der Waals surface area contributed by atoms with Crippen LogP contribution in [0.25, 0.3) is 6.08 Å². The van der Waals surface area contributed by atoms with Gasteiger partial charge in [-0.2, -0.15) is 5.10 Å². The number of hydrogen-bond acceptors (Lipinski definition) is 4. The van der Waals surface area contributed by atoms with Gasteiger partial charge in [-0.3, -0.25) is 9.48 Å². The van der Waals surface area contributed by atoms with Crippen molar-refractivity contribution in [3.05, 3.63) is 46.2 Å². The van der Waals surface area contributed by atoms with Gasteiger partial charge in [0.2, 0.25) is 0 Å². The third kappa shape index (κ3) is 3.72. The number of ether oxygens (including phenoxy) is 1. The highest BCUT2D eigenvalue weighted by molar-refractivity contribution is 9.10. The van der Waals surface area contributed by atoms with Crippen molar-refractivity contribution in [2.45, 2.75) is 6.92 Å². The Labute approximate surface area is 131 Å². The molecule has 0 aliphatic carbocycles. The number of halogens is 1. The van der Waals surface area contributed by atoms with Crippen molar-refractivity contribution in [3.8, 4) is 11.5 Å². The number of phenolic OH excluding ortho intramolecular Hbond substituents is 1. The lowest BCUT2D eigenvalue weighted by Gasteiger charge is -2.08. The van der Waals surface area contributed by atoms with Crippen molar-refractivity contribution in [3.63, 3.8) is 0 Å². The van der Waals surface area contributed by atoms with Gasteiger partial charge >= 0.3 is 0 Å². The second kappa shape index (κ2) is 6.58. The molecule has 0 spiro atoms. The molecule has 0 aliphatic rings. The lowest BCUT2D eigenvalue weighted by atomic mass is 10.1. The van der Waals surface area contributed by atoms with Crippen LogP contribution in [-0.4, -0.2) is 27.3 Å². The quantitative estimate of drug-likeness (QED) is 0.664. The molecule has 1 aromatic heterocycles. The Kier molecular flexibility index (Phi) is 4.80. The highest BCUT2D eigenvalue weighted by Gasteiger charge is 2.09. The van der Waals surface area contributed by atoms with Crippen LogP contribution in [0.3, 0.4) is 0 Å². The Hall–Kier alpha value is -2.08. The largest absolute Gasteiger partial charge is 0.503 e. The zero-order valence-electron chi connectivity index (χ0n) is 11.7. The molecule has 21 heavy (non-hydrogen) atoms. The molecule has 0 bridgehead atoms. The van der Waals surface area contributed by atoms with Gasteiger partial charge < -0.3 is 9.84 Å². The maximum atomic E-state index is 12.0. The maximum absolute atomic E-state index is 12.0. The van der Waals surface area contributed by atoms with Crippen LogP contribution in [0.5, 0.6) is 11.5 Å². The van der Waals surface area contributed by atoms with Gasteiger partial charge in [-0.1, -0.05) is 6.08 Å². The molecule has 2 aromatic rings. The molecule has 0 saturated carbocycles. The molecule has 0 atom stereocenters. The first kappa shape index (κ1) is 15.3. The van der Waals surface area contributed by atoms with Crippen LogP contribution in [-0.2, 0) is 7.05 Å². The minimum Gasteiger partial charge on any atom is -0.503 e. The molecule has 0 unspecified atom stereocenters. The number of aryl methyl sites for hydroxylation is 1. The smallest absolute Gasteiger partial charge is 0.189 e. The Morgan fingerprint density at radius 1 is 1.52 bits per heavy atom. The van der Waals surface area contributed by atoms with Gasteiger partial charge in [-0.15, -0.1) is 0 Å². The summed E-state index contributed by atoms with van der Waals surface area (Å²) in [4.78, 5) is 12.0. The van der Waals surface area contributed by atoms with E-state index in [9.17, 15) is 9.90 Å². The lowest BCUT2D eigenvalue weighted by Crippen LogP contribution is -1.94. The Morgan fingerprint density at radius 2 is 2.29 bits per heavy atom. The number of allylic oxidation sites excluding steroid dienone is 1. The normalized spacial score (nSPS) is 11.0. The van der Waals surface area contributed by atoms with Crippen molar-refractivity contribution < 1.29 is 14.6 Å². The van der Waals surface area contributed by atoms with Gasteiger partial charge in [-0.25, -0.2) is 0 Å². The van der Waals surface area contributed by atoms with Crippen molar-refractivity contribution in [2.24, 2.45) is 7.05 Å². The van der Waals surface area contributed by atoms with E-state index < -0.39 is 0 Å². The molecule has 0 saturated heterocycles. The number of aromatic nitrogens is 2. The number of nitrogens with zero attached hydrogens (tertiary/aromatic N) is 2. The minimum atomic E-state index is -0.134. The summed E-state index contributed by atoms with van der Waals surface area (Å²) in [5.74, 6) is 0.290. The Bertz CT molecular complexity index is 692. The summed E-state index contributed by atoms with van der Waals surface area (Å²) in [6.45, 7) is 2.28. The summed E-state index contributed by atoms with van der Waals surface area (Å²) in [5.41, 5.74) is 1.27. The first-order valence-corrected chi connectivity index (χ1v) is 7.17. The van der Waals surface area contributed by atoms with E-state index >= 15 is 0 Å². The summed E-state index contributed by atoms with van der Waals surface area (Å²) >= 11 is 3.26. The van der Waals surface area contributed by atoms with E-state index in [-0.39, 0.29) is 11.5 Å². The molecule has 1 aromatic carbocycles.